The summed E-state index contributed by atoms with van der Waals surface area (Å²) in [5.74, 6) is -0.364. The molecule has 0 unspecified atom stereocenters. The van der Waals surface area contributed by atoms with E-state index in [0.717, 1.165) is 41.6 Å². The van der Waals surface area contributed by atoms with Gasteiger partial charge in [-0.15, -0.1) is 0 Å². The number of rotatable bonds is 16. The third-order valence-electron chi connectivity index (χ3n) is 7.14. The van der Waals surface area contributed by atoms with Crippen molar-refractivity contribution < 1.29 is 28.5 Å². The van der Waals surface area contributed by atoms with Crippen molar-refractivity contribution in [1.82, 2.24) is 0 Å². The normalized spacial score (nSPS) is 29.8. The molecule has 0 atom stereocenters. The SMILES string of the molecule is CC(=O)CC[N+]1(CC[N+]2(CCC(CCC(N)=O)CCC(N)=O)CC(O)C2)CC(N=O)C1. The van der Waals surface area contributed by atoms with Gasteiger partial charge in [0.25, 0.3) is 0 Å². The van der Waals surface area contributed by atoms with Crippen LogP contribution < -0.4 is 11.5 Å². The molecule has 2 aliphatic heterocycles. The molecule has 5 N–H and O–H groups in total. The largest absolute Gasteiger partial charge is 0.382 e. The summed E-state index contributed by atoms with van der Waals surface area (Å²) >= 11 is 0. The van der Waals surface area contributed by atoms with E-state index in [0.29, 0.717) is 45.4 Å². The highest BCUT2D eigenvalue weighted by Crippen LogP contribution is 2.29. The summed E-state index contributed by atoms with van der Waals surface area (Å²) in [6.45, 7) is 7.59. The van der Waals surface area contributed by atoms with E-state index >= 15 is 0 Å². The van der Waals surface area contributed by atoms with Crippen LogP contribution in [0.4, 0.5) is 0 Å². The predicted molar refractivity (Wildman–Crippen MR) is 115 cm³/mol. The molecule has 0 spiro atoms. The number of carbonyl (C=O) groups excluding carboxylic acids is 3. The van der Waals surface area contributed by atoms with Gasteiger partial charge in [-0.2, -0.15) is 4.91 Å². The Hall–Kier alpha value is -1.91. The standard InChI is InChI=1S/C21H37N5O5/c1-16(27)6-8-25(12-18(13-25)24-31)10-11-26(14-19(28)15-26)9-7-17(2-4-20(22)29)3-5-21(23)30/h17-19,28H,2-15H2,1H3,(H2-2,22,23,29,30)/p+2. The second-order valence-corrected chi connectivity index (χ2v) is 9.84. The summed E-state index contributed by atoms with van der Waals surface area (Å²) in [6.07, 6.45) is 2.86. The van der Waals surface area contributed by atoms with Crippen LogP contribution in [0.25, 0.3) is 0 Å². The lowest BCUT2D eigenvalue weighted by Gasteiger charge is -2.53. The van der Waals surface area contributed by atoms with Crippen molar-refractivity contribution >= 4 is 17.6 Å². The highest BCUT2D eigenvalue weighted by Gasteiger charge is 2.49. The number of aliphatic hydroxyl groups is 1. The zero-order chi connectivity index (χ0) is 23.1. The Labute approximate surface area is 184 Å². The molecule has 10 heteroatoms. The van der Waals surface area contributed by atoms with Crippen molar-refractivity contribution in [2.24, 2.45) is 22.6 Å². The second kappa shape index (κ2) is 11.1. The minimum atomic E-state index is -0.347. The van der Waals surface area contributed by atoms with Gasteiger partial charge in [0.05, 0.1) is 19.5 Å². The Morgan fingerprint density at radius 1 is 0.871 bits per heavy atom. The van der Waals surface area contributed by atoms with Crippen LogP contribution >= 0.6 is 0 Å². The van der Waals surface area contributed by atoms with Crippen LogP contribution in [0.5, 0.6) is 0 Å². The minimum Gasteiger partial charge on any atom is -0.382 e. The van der Waals surface area contributed by atoms with Crippen LogP contribution in [0.2, 0.25) is 0 Å². The van der Waals surface area contributed by atoms with Crippen molar-refractivity contribution in [2.75, 3.05) is 52.4 Å². The number of carbonyl (C=O) groups is 3. The first-order valence-electron chi connectivity index (χ1n) is 11.3. The molecule has 0 radical (unpaired) electrons. The highest BCUT2D eigenvalue weighted by molar-refractivity contribution is 5.75. The third-order valence-corrected chi connectivity index (χ3v) is 7.14. The Morgan fingerprint density at radius 3 is 1.81 bits per heavy atom. The zero-order valence-electron chi connectivity index (χ0n) is 18.7. The molecular formula is C21H39N5O5+2. The summed E-state index contributed by atoms with van der Waals surface area (Å²) < 4.78 is 1.52. The van der Waals surface area contributed by atoms with Gasteiger partial charge in [-0.25, -0.2) is 0 Å². The molecule has 0 aromatic heterocycles. The van der Waals surface area contributed by atoms with E-state index < -0.39 is 0 Å². The van der Waals surface area contributed by atoms with Crippen LogP contribution in [0.1, 0.15) is 45.4 Å². The van der Waals surface area contributed by atoms with Crippen molar-refractivity contribution in [2.45, 2.75) is 57.6 Å². The molecule has 31 heavy (non-hydrogen) atoms. The molecule has 2 saturated heterocycles. The summed E-state index contributed by atoms with van der Waals surface area (Å²) in [4.78, 5) is 44.8. The number of hydrogen-bond acceptors (Lipinski definition) is 6. The van der Waals surface area contributed by atoms with Gasteiger partial charge in [-0.3, -0.25) is 14.4 Å². The van der Waals surface area contributed by atoms with Gasteiger partial charge >= 0.3 is 0 Å². The van der Waals surface area contributed by atoms with E-state index in [1.165, 1.54) is 0 Å². The van der Waals surface area contributed by atoms with Crippen LogP contribution in [0.15, 0.2) is 5.18 Å². The van der Waals surface area contributed by atoms with Gasteiger partial charge in [0.1, 0.15) is 45.1 Å². The number of Topliss-reactive ketones (excluding diaryl/α,β-unsaturated/α-hetero) is 1. The number of likely N-dealkylation sites (tertiary alicyclic amines) is 2. The number of hydrogen-bond donors (Lipinski definition) is 3. The van der Waals surface area contributed by atoms with Gasteiger partial charge in [-0.05, 0) is 32.1 Å². The first-order valence-corrected chi connectivity index (χ1v) is 11.3. The molecule has 2 heterocycles. The number of primary amides is 2. The molecule has 2 fully saturated rings. The summed E-state index contributed by atoms with van der Waals surface area (Å²) in [6, 6.07) is -0.172. The lowest BCUT2D eigenvalue weighted by Crippen LogP contribution is -2.73. The van der Waals surface area contributed by atoms with Crippen molar-refractivity contribution in [3.63, 3.8) is 0 Å². The van der Waals surface area contributed by atoms with E-state index in [2.05, 4.69) is 5.18 Å². The molecule has 0 aromatic rings. The van der Waals surface area contributed by atoms with E-state index in [1.807, 2.05) is 0 Å². The third kappa shape index (κ3) is 7.93. The molecular weight excluding hydrogens is 402 g/mol. The molecule has 176 valence electrons. The number of nitrogens with two attached hydrogens (primary N) is 2. The molecule has 10 nitrogen and oxygen atoms in total. The molecule has 0 saturated carbocycles. The summed E-state index contributed by atoms with van der Waals surface area (Å²) in [7, 11) is 0. The molecule has 0 bridgehead atoms. The fourth-order valence-electron chi connectivity index (χ4n) is 5.10. The molecule has 2 rings (SSSR count). The van der Waals surface area contributed by atoms with Gasteiger partial charge in [0.15, 0.2) is 12.1 Å². The van der Waals surface area contributed by atoms with Crippen LogP contribution in [-0.2, 0) is 14.4 Å². The lowest BCUT2D eigenvalue weighted by atomic mass is 9.91. The van der Waals surface area contributed by atoms with Gasteiger partial charge in [-0.1, -0.05) is 5.18 Å². The van der Waals surface area contributed by atoms with Crippen molar-refractivity contribution in [1.29, 1.82) is 0 Å². The van der Waals surface area contributed by atoms with E-state index in [1.54, 1.807) is 6.92 Å². The number of amides is 2. The lowest BCUT2D eigenvalue weighted by molar-refractivity contribution is -1.02. The van der Waals surface area contributed by atoms with Crippen molar-refractivity contribution in [3.05, 3.63) is 4.91 Å². The fraction of sp³-hybridized carbons (Fsp3) is 0.857. The molecule has 0 aromatic carbocycles. The Kier molecular flexibility index (Phi) is 9.08. The Morgan fingerprint density at radius 2 is 1.39 bits per heavy atom. The van der Waals surface area contributed by atoms with Crippen molar-refractivity contribution in [3.8, 4) is 0 Å². The van der Waals surface area contributed by atoms with Crippen LogP contribution in [0, 0.1) is 10.8 Å². The smallest absolute Gasteiger partial charge is 0.217 e. The predicted octanol–water partition coefficient (Wildman–Crippen LogP) is -0.340. The van der Waals surface area contributed by atoms with Crippen LogP contribution in [0.3, 0.4) is 0 Å². The first kappa shape index (κ1) is 25.4. The number of nitroso groups, excluding NO2 is 1. The van der Waals surface area contributed by atoms with Gasteiger partial charge in [0, 0.05) is 12.8 Å². The van der Waals surface area contributed by atoms with E-state index in [9.17, 15) is 24.4 Å². The Balaban J connectivity index is 1.94. The number of nitrogens with zero attached hydrogens (tertiary/aromatic N) is 3. The van der Waals surface area contributed by atoms with E-state index in [-0.39, 0.29) is 48.5 Å². The monoisotopic (exact) mass is 441 g/mol. The molecule has 2 aliphatic rings. The maximum Gasteiger partial charge on any atom is 0.217 e. The average molecular weight is 442 g/mol. The molecule has 0 aliphatic carbocycles. The second-order valence-electron chi connectivity index (χ2n) is 9.84. The number of ketones is 1. The van der Waals surface area contributed by atoms with E-state index in [4.69, 9.17) is 11.5 Å². The van der Waals surface area contributed by atoms with Crippen LogP contribution in [-0.4, -0.2) is 96.2 Å². The first-order chi connectivity index (χ1) is 14.6. The number of aliphatic hydroxyl groups excluding tert-OH is 1. The minimum absolute atomic E-state index is 0.148. The zero-order valence-corrected chi connectivity index (χ0v) is 18.7. The summed E-state index contributed by atoms with van der Waals surface area (Å²) in [5, 5.41) is 13.2. The fourth-order valence-corrected chi connectivity index (χ4v) is 5.10. The van der Waals surface area contributed by atoms with Gasteiger partial charge < -0.3 is 25.5 Å². The summed E-state index contributed by atoms with van der Waals surface area (Å²) in [5.41, 5.74) is 10.6. The average Bonchev–Trinajstić information content (AvgIpc) is 2.64. The Bertz CT molecular complexity index is 641. The topological polar surface area (TPSA) is 153 Å². The maximum absolute atomic E-state index is 11.5. The van der Waals surface area contributed by atoms with Gasteiger partial charge in [0.2, 0.25) is 11.8 Å². The number of quaternary nitrogens is 2. The highest BCUT2D eigenvalue weighted by atomic mass is 16.3. The maximum atomic E-state index is 11.5. The molecule has 2 amide bonds. The quantitative estimate of drug-likeness (QED) is 0.221.